The van der Waals surface area contributed by atoms with Gasteiger partial charge < -0.3 is 10.4 Å². The number of aliphatic carboxylic acids is 1. The summed E-state index contributed by atoms with van der Waals surface area (Å²) >= 11 is 0. The second-order valence-electron chi connectivity index (χ2n) is 8.95. The Morgan fingerprint density at radius 2 is 1.89 bits per heavy atom. The Kier molecular flexibility index (Phi) is 9.68. The van der Waals surface area contributed by atoms with Crippen molar-refractivity contribution in [1.29, 1.82) is 0 Å². The summed E-state index contributed by atoms with van der Waals surface area (Å²) in [5, 5.41) is 12.3. The highest BCUT2D eigenvalue weighted by Gasteiger charge is 2.26. The summed E-state index contributed by atoms with van der Waals surface area (Å²) < 4.78 is 0. The summed E-state index contributed by atoms with van der Waals surface area (Å²) in [6, 6.07) is -0.512. The molecule has 0 bridgehead atoms. The molecule has 0 spiro atoms. The van der Waals surface area contributed by atoms with Crippen molar-refractivity contribution in [3.63, 3.8) is 0 Å². The van der Waals surface area contributed by atoms with E-state index in [0.717, 1.165) is 5.57 Å². The molecule has 1 aliphatic carbocycles. The first-order valence-electron chi connectivity index (χ1n) is 10.4. The number of allylic oxidation sites excluding steroid dienone is 9. The summed E-state index contributed by atoms with van der Waals surface area (Å²) in [6.45, 7) is 15.5. The van der Waals surface area contributed by atoms with E-state index < -0.39 is 12.0 Å². The topological polar surface area (TPSA) is 49.3 Å². The maximum absolute atomic E-state index is 11.2. The zero-order valence-electron chi connectivity index (χ0n) is 18.8. The van der Waals surface area contributed by atoms with Gasteiger partial charge in [0.2, 0.25) is 0 Å². The molecule has 0 aliphatic heterocycles. The van der Waals surface area contributed by atoms with Crippen LogP contribution in [0.3, 0.4) is 0 Å². The molecule has 1 atom stereocenters. The highest BCUT2D eigenvalue weighted by atomic mass is 16.4. The Hall–Kier alpha value is -1.87. The maximum atomic E-state index is 11.2. The van der Waals surface area contributed by atoms with Gasteiger partial charge in [-0.3, -0.25) is 4.79 Å². The van der Waals surface area contributed by atoms with Crippen molar-refractivity contribution in [2.45, 2.75) is 73.8 Å². The molecule has 0 amide bonds. The summed E-state index contributed by atoms with van der Waals surface area (Å²) in [7, 11) is 0. The second-order valence-corrected chi connectivity index (χ2v) is 8.95. The van der Waals surface area contributed by atoms with Crippen LogP contribution in [0.4, 0.5) is 0 Å². The van der Waals surface area contributed by atoms with E-state index in [1.807, 2.05) is 26.8 Å². The monoisotopic (exact) mass is 385 g/mol. The molecule has 28 heavy (non-hydrogen) atoms. The van der Waals surface area contributed by atoms with Crippen molar-refractivity contribution in [2.75, 3.05) is 6.54 Å². The second kappa shape index (κ2) is 11.2. The molecule has 3 heteroatoms. The Morgan fingerprint density at radius 1 is 1.21 bits per heavy atom. The number of hydrogen-bond acceptors (Lipinski definition) is 2. The molecule has 156 valence electrons. The quantitative estimate of drug-likeness (QED) is 0.463. The Morgan fingerprint density at radius 3 is 2.46 bits per heavy atom. The van der Waals surface area contributed by atoms with Gasteiger partial charge in [0.1, 0.15) is 6.04 Å². The van der Waals surface area contributed by atoms with E-state index in [2.05, 4.69) is 63.4 Å². The van der Waals surface area contributed by atoms with Gasteiger partial charge in [0.25, 0.3) is 0 Å². The zero-order chi connectivity index (χ0) is 21.3. The molecule has 0 aromatic rings. The van der Waals surface area contributed by atoms with E-state index in [-0.39, 0.29) is 11.3 Å². The van der Waals surface area contributed by atoms with Crippen LogP contribution in [0.2, 0.25) is 0 Å². The molecule has 0 saturated carbocycles. The lowest BCUT2D eigenvalue weighted by Crippen LogP contribution is -2.40. The van der Waals surface area contributed by atoms with E-state index >= 15 is 0 Å². The third-order valence-corrected chi connectivity index (χ3v) is 5.47. The van der Waals surface area contributed by atoms with Crippen LogP contribution in [0.25, 0.3) is 0 Å². The number of rotatable bonds is 9. The lowest BCUT2D eigenvalue weighted by molar-refractivity contribution is -0.140. The standard InChI is InChI=1S/C25H39NO2/c1-18(2)23(24(27)28)26-17-15-20(4)11-8-10-19(3)13-14-22-21(5)12-9-16-25(22,6)7/h8,10-11,13-15,18,23,26H,9,12,16-17H2,1-7H3,(H,27,28)/b11-8+,14-13+,19-10+,20-15+. The number of nitrogens with one attached hydrogen (secondary N) is 1. The van der Waals surface area contributed by atoms with Gasteiger partial charge in [-0.1, -0.05) is 80.9 Å². The van der Waals surface area contributed by atoms with Gasteiger partial charge in [0.15, 0.2) is 0 Å². The van der Waals surface area contributed by atoms with Crippen LogP contribution in [0.5, 0.6) is 0 Å². The van der Waals surface area contributed by atoms with Crippen LogP contribution in [0, 0.1) is 11.3 Å². The zero-order valence-corrected chi connectivity index (χ0v) is 18.8. The largest absolute Gasteiger partial charge is 0.480 e. The van der Waals surface area contributed by atoms with E-state index in [9.17, 15) is 9.90 Å². The van der Waals surface area contributed by atoms with Gasteiger partial charge in [-0.2, -0.15) is 0 Å². The van der Waals surface area contributed by atoms with Crippen molar-refractivity contribution < 1.29 is 9.90 Å². The molecule has 3 nitrogen and oxygen atoms in total. The lowest BCUT2D eigenvalue weighted by Gasteiger charge is -2.32. The molecule has 0 aromatic carbocycles. The van der Waals surface area contributed by atoms with Crippen molar-refractivity contribution in [2.24, 2.45) is 11.3 Å². The van der Waals surface area contributed by atoms with E-state index in [1.54, 1.807) is 0 Å². The number of hydrogen-bond donors (Lipinski definition) is 2. The number of carboxylic acids is 1. The molecular weight excluding hydrogens is 346 g/mol. The summed E-state index contributed by atoms with van der Waals surface area (Å²) in [5.74, 6) is -0.736. The molecule has 1 aliphatic rings. The van der Waals surface area contributed by atoms with Crippen LogP contribution >= 0.6 is 0 Å². The first-order chi connectivity index (χ1) is 13.0. The molecule has 0 heterocycles. The van der Waals surface area contributed by atoms with Crippen molar-refractivity contribution >= 4 is 5.97 Å². The van der Waals surface area contributed by atoms with Gasteiger partial charge >= 0.3 is 5.97 Å². The molecule has 0 aromatic heterocycles. The predicted molar refractivity (Wildman–Crippen MR) is 120 cm³/mol. The van der Waals surface area contributed by atoms with Crippen molar-refractivity contribution in [3.8, 4) is 0 Å². The Bertz CT molecular complexity index is 687. The SMILES string of the molecule is CC1=C(/C=C/C(C)=C/C=C/C(C)=C/CNC(C(=O)O)C(C)C)C(C)(C)CCC1. The molecular formula is C25H39NO2. The lowest BCUT2D eigenvalue weighted by atomic mass is 9.72. The average molecular weight is 386 g/mol. The Balaban J connectivity index is 2.64. The van der Waals surface area contributed by atoms with E-state index in [0.29, 0.717) is 6.54 Å². The molecule has 0 radical (unpaired) electrons. The van der Waals surface area contributed by atoms with Crippen molar-refractivity contribution in [1.82, 2.24) is 5.32 Å². The maximum Gasteiger partial charge on any atom is 0.320 e. The molecule has 1 rings (SSSR count). The summed E-state index contributed by atoms with van der Waals surface area (Å²) in [5.41, 5.74) is 5.60. The minimum atomic E-state index is -0.798. The molecule has 0 fully saturated rings. The summed E-state index contributed by atoms with van der Waals surface area (Å²) in [4.78, 5) is 11.2. The van der Waals surface area contributed by atoms with Gasteiger partial charge in [-0.15, -0.1) is 0 Å². The third kappa shape index (κ3) is 8.02. The van der Waals surface area contributed by atoms with Gasteiger partial charge in [0, 0.05) is 6.54 Å². The van der Waals surface area contributed by atoms with Crippen LogP contribution in [0.1, 0.15) is 67.7 Å². The molecule has 1 unspecified atom stereocenters. The van der Waals surface area contributed by atoms with Crippen LogP contribution in [-0.4, -0.2) is 23.7 Å². The first kappa shape index (κ1) is 24.2. The van der Waals surface area contributed by atoms with Gasteiger partial charge in [0.05, 0.1) is 0 Å². The fourth-order valence-electron chi connectivity index (χ4n) is 3.66. The van der Waals surface area contributed by atoms with Gasteiger partial charge in [-0.25, -0.2) is 0 Å². The van der Waals surface area contributed by atoms with Crippen molar-refractivity contribution in [3.05, 3.63) is 58.7 Å². The molecule has 2 N–H and O–H groups in total. The number of carbonyl (C=O) groups is 1. The van der Waals surface area contributed by atoms with E-state index in [4.69, 9.17) is 0 Å². The molecule has 0 saturated heterocycles. The fourth-order valence-corrected chi connectivity index (χ4v) is 3.66. The fraction of sp³-hybridized carbons (Fsp3) is 0.560. The van der Waals surface area contributed by atoms with Crippen LogP contribution < -0.4 is 5.32 Å². The summed E-state index contributed by atoms with van der Waals surface area (Å²) in [6.07, 6.45) is 16.5. The highest BCUT2D eigenvalue weighted by molar-refractivity contribution is 5.73. The smallest absolute Gasteiger partial charge is 0.320 e. The average Bonchev–Trinajstić information content (AvgIpc) is 2.57. The normalized spacial score (nSPS) is 19.9. The van der Waals surface area contributed by atoms with Crippen LogP contribution in [-0.2, 0) is 4.79 Å². The van der Waals surface area contributed by atoms with Crippen LogP contribution in [0.15, 0.2) is 58.7 Å². The first-order valence-corrected chi connectivity index (χ1v) is 10.4. The minimum Gasteiger partial charge on any atom is -0.480 e. The van der Waals surface area contributed by atoms with E-state index in [1.165, 1.54) is 36.0 Å². The highest BCUT2D eigenvalue weighted by Crippen LogP contribution is 2.40. The van der Waals surface area contributed by atoms with Gasteiger partial charge in [-0.05, 0) is 56.9 Å². The Labute approximate surface area is 172 Å². The number of carboxylic acid groups (broad SMARTS) is 1. The predicted octanol–water partition coefficient (Wildman–Crippen LogP) is 6.22. The third-order valence-electron chi connectivity index (χ3n) is 5.47. The minimum absolute atomic E-state index is 0.0620.